The van der Waals surface area contributed by atoms with Gasteiger partial charge in [0.2, 0.25) is 5.91 Å². The molecular weight excluding hydrogens is 248 g/mol. The van der Waals surface area contributed by atoms with Crippen molar-refractivity contribution in [2.24, 2.45) is 11.8 Å². The molecule has 2 aliphatic heterocycles. The number of carbonyl (C=O) groups is 2. The van der Waals surface area contributed by atoms with Crippen LogP contribution in [0.1, 0.15) is 19.3 Å². The lowest BCUT2D eigenvalue weighted by molar-refractivity contribution is -0.138. The molecule has 0 saturated carbocycles. The van der Waals surface area contributed by atoms with Crippen molar-refractivity contribution < 1.29 is 19.4 Å². The maximum absolute atomic E-state index is 12.3. The fraction of sp³-hybridized carbons (Fsp3) is 0.846. The van der Waals surface area contributed by atoms with Crippen molar-refractivity contribution in [3.8, 4) is 0 Å². The number of piperidine rings is 1. The standard InChI is InChI=1S/C13H22N2O4/c16-12(17)7-14-6-10-2-1-4-15(8-10)13(18)11-3-5-19-9-11/h10-11,14H,1-9H2,(H,16,17). The lowest BCUT2D eigenvalue weighted by Gasteiger charge is -2.34. The molecular formula is C13H22N2O4. The van der Waals surface area contributed by atoms with Crippen molar-refractivity contribution in [1.29, 1.82) is 0 Å². The third-order valence-electron chi connectivity index (χ3n) is 3.82. The lowest BCUT2D eigenvalue weighted by atomic mass is 9.96. The fourth-order valence-corrected chi connectivity index (χ4v) is 2.80. The van der Waals surface area contributed by atoms with Crippen LogP contribution >= 0.6 is 0 Å². The number of likely N-dealkylation sites (tertiary alicyclic amines) is 1. The first kappa shape index (κ1) is 14.3. The molecule has 2 aliphatic rings. The molecule has 1 amide bonds. The second-order valence-electron chi connectivity index (χ2n) is 5.38. The molecule has 0 aromatic rings. The Bertz CT molecular complexity index is 329. The maximum atomic E-state index is 12.3. The van der Waals surface area contributed by atoms with Crippen LogP contribution in [-0.4, -0.2) is 61.3 Å². The summed E-state index contributed by atoms with van der Waals surface area (Å²) in [5.74, 6) is -0.239. The summed E-state index contributed by atoms with van der Waals surface area (Å²) in [7, 11) is 0. The fourth-order valence-electron chi connectivity index (χ4n) is 2.80. The summed E-state index contributed by atoms with van der Waals surface area (Å²) < 4.78 is 5.26. The van der Waals surface area contributed by atoms with Crippen LogP contribution in [0, 0.1) is 11.8 Å². The van der Waals surface area contributed by atoms with Crippen LogP contribution in [-0.2, 0) is 14.3 Å². The SMILES string of the molecule is O=C(O)CNCC1CCCN(C(=O)C2CCOC2)C1. The Morgan fingerprint density at radius 2 is 2.21 bits per heavy atom. The van der Waals surface area contributed by atoms with Gasteiger partial charge in [-0.25, -0.2) is 0 Å². The first-order valence-electron chi connectivity index (χ1n) is 6.96. The Morgan fingerprint density at radius 3 is 2.89 bits per heavy atom. The quantitative estimate of drug-likeness (QED) is 0.731. The molecule has 0 bridgehead atoms. The van der Waals surface area contributed by atoms with E-state index in [1.165, 1.54) is 0 Å². The minimum absolute atomic E-state index is 0.0130. The number of amides is 1. The van der Waals surface area contributed by atoms with E-state index in [4.69, 9.17) is 9.84 Å². The van der Waals surface area contributed by atoms with Gasteiger partial charge < -0.3 is 20.1 Å². The van der Waals surface area contributed by atoms with E-state index in [0.717, 1.165) is 32.4 Å². The zero-order valence-electron chi connectivity index (χ0n) is 11.1. The third kappa shape index (κ3) is 4.18. The van der Waals surface area contributed by atoms with Gasteiger partial charge in [-0.05, 0) is 25.2 Å². The van der Waals surface area contributed by atoms with Gasteiger partial charge >= 0.3 is 5.97 Å². The first-order valence-corrected chi connectivity index (χ1v) is 6.96. The topological polar surface area (TPSA) is 78.9 Å². The van der Waals surface area contributed by atoms with Crippen molar-refractivity contribution in [3.05, 3.63) is 0 Å². The van der Waals surface area contributed by atoms with Gasteiger partial charge in [0.15, 0.2) is 0 Å². The summed E-state index contributed by atoms with van der Waals surface area (Å²) in [5.41, 5.74) is 0. The molecule has 0 aliphatic carbocycles. The van der Waals surface area contributed by atoms with Crippen LogP contribution in [0.5, 0.6) is 0 Å². The normalized spacial score (nSPS) is 27.5. The van der Waals surface area contributed by atoms with Crippen LogP contribution in [0.3, 0.4) is 0 Å². The largest absolute Gasteiger partial charge is 0.480 e. The number of hydrogen-bond donors (Lipinski definition) is 2. The van der Waals surface area contributed by atoms with Gasteiger partial charge in [0, 0.05) is 26.2 Å². The van der Waals surface area contributed by atoms with Gasteiger partial charge in [-0.3, -0.25) is 9.59 Å². The van der Waals surface area contributed by atoms with Crippen molar-refractivity contribution >= 4 is 11.9 Å². The van der Waals surface area contributed by atoms with Crippen molar-refractivity contribution in [1.82, 2.24) is 10.2 Å². The highest BCUT2D eigenvalue weighted by atomic mass is 16.5. The van der Waals surface area contributed by atoms with E-state index in [1.54, 1.807) is 0 Å². The minimum Gasteiger partial charge on any atom is -0.480 e. The van der Waals surface area contributed by atoms with E-state index in [-0.39, 0.29) is 18.4 Å². The number of carboxylic acid groups (broad SMARTS) is 1. The Morgan fingerprint density at radius 1 is 1.37 bits per heavy atom. The molecule has 2 rings (SSSR count). The van der Waals surface area contributed by atoms with Gasteiger partial charge in [-0.2, -0.15) is 0 Å². The molecule has 2 fully saturated rings. The van der Waals surface area contributed by atoms with E-state index < -0.39 is 5.97 Å². The highest BCUT2D eigenvalue weighted by Crippen LogP contribution is 2.21. The van der Waals surface area contributed by atoms with Crippen LogP contribution in [0.2, 0.25) is 0 Å². The van der Waals surface area contributed by atoms with Crippen LogP contribution < -0.4 is 5.32 Å². The molecule has 6 heteroatoms. The second-order valence-corrected chi connectivity index (χ2v) is 5.38. The average Bonchev–Trinajstić information content (AvgIpc) is 2.91. The minimum atomic E-state index is -0.841. The molecule has 0 aromatic carbocycles. The van der Waals surface area contributed by atoms with Gasteiger partial charge in [0.05, 0.1) is 19.1 Å². The Hall–Kier alpha value is -1.14. The number of carboxylic acids is 1. The molecule has 2 saturated heterocycles. The van der Waals surface area contributed by atoms with Gasteiger partial charge in [-0.15, -0.1) is 0 Å². The van der Waals surface area contributed by atoms with E-state index in [1.807, 2.05) is 4.90 Å². The van der Waals surface area contributed by atoms with Crippen LogP contribution in [0.4, 0.5) is 0 Å². The number of ether oxygens (including phenoxy) is 1. The summed E-state index contributed by atoms with van der Waals surface area (Å²) in [4.78, 5) is 24.6. The molecule has 6 nitrogen and oxygen atoms in total. The Labute approximate surface area is 113 Å². The zero-order chi connectivity index (χ0) is 13.7. The molecule has 2 heterocycles. The van der Waals surface area contributed by atoms with E-state index in [0.29, 0.717) is 25.7 Å². The summed E-state index contributed by atoms with van der Waals surface area (Å²) in [6, 6.07) is 0. The smallest absolute Gasteiger partial charge is 0.317 e. The van der Waals surface area contributed by atoms with Crippen molar-refractivity contribution in [2.45, 2.75) is 19.3 Å². The van der Waals surface area contributed by atoms with Gasteiger partial charge in [-0.1, -0.05) is 0 Å². The van der Waals surface area contributed by atoms with Crippen molar-refractivity contribution in [2.75, 3.05) is 39.4 Å². The number of nitrogens with zero attached hydrogens (tertiary/aromatic N) is 1. The number of rotatable bonds is 5. The molecule has 0 aromatic heterocycles. The number of carbonyl (C=O) groups excluding carboxylic acids is 1. The highest BCUT2D eigenvalue weighted by molar-refractivity contribution is 5.79. The summed E-state index contributed by atoms with van der Waals surface area (Å²) in [5, 5.41) is 11.5. The average molecular weight is 270 g/mol. The maximum Gasteiger partial charge on any atom is 0.317 e. The van der Waals surface area contributed by atoms with E-state index in [9.17, 15) is 9.59 Å². The predicted molar refractivity (Wildman–Crippen MR) is 68.7 cm³/mol. The molecule has 2 unspecified atom stereocenters. The summed E-state index contributed by atoms with van der Waals surface area (Å²) in [6.07, 6.45) is 2.88. The number of aliphatic carboxylic acids is 1. The monoisotopic (exact) mass is 270 g/mol. The van der Waals surface area contributed by atoms with Crippen molar-refractivity contribution in [3.63, 3.8) is 0 Å². The molecule has 0 spiro atoms. The highest BCUT2D eigenvalue weighted by Gasteiger charge is 2.30. The molecule has 2 N–H and O–H groups in total. The molecule has 2 atom stereocenters. The third-order valence-corrected chi connectivity index (χ3v) is 3.82. The summed E-state index contributed by atoms with van der Waals surface area (Å²) >= 11 is 0. The van der Waals surface area contributed by atoms with Gasteiger partial charge in [0.1, 0.15) is 0 Å². The van der Waals surface area contributed by atoms with Gasteiger partial charge in [0.25, 0.3) is 0 Å². The number of hydrogen-bond acceptors (Lipinski definition) is 4. The zero-order valence-corrected chi connectivity index (χ0v) is 11.1. The molecule has 108 valence electrons. The number of nitrogens with one attached hydrogen (secondary N) is 1. The van der Waals surface area contributed by atoms with Crippen LogP contribution in [0.25, 0.3) is 0 Å². The van der Waals surface area contributed by atoms with E-state index >= 15 is 0 Å². The lowest BCUT2D eigenvalue weighted by Crippen LogP contribution is -2.45. The second kappa shape index (κ2) is 6.86. The first-order chi connectivity index (χ1) is 9.16. The molecule has 19 heavy (non-hydrogen) atoms. The van der Waals surface area contributed by atoms with Crippen LogP contribution in [0.15, 0.2) is 0 Å². The summed E-state index contributed by atoms with van der Waals surface area (Å²) in [6.45, 7) is 3.45. The Kier molecular flexibility index (Phi) is 5.15. The molecule has 0 radical (unpaired) electrons. The predicted octanol–water partition coefficient (Wildman–Crippen LogP) is -0.0643. The van der Waals surface area contributed by atoms with E-state index in [2.05, 4.69) is 5.32 Å². The Balaban J connectivity index is 1.76.